The molecule has 3 aromatic heterocycles. The summed E-state index contributed by atoms with van der Waals surface area (Å²) in [4.78, 5) is 131. The molecule has 8 aliphatic rings. The number of benzene rings is 5. The minimum Gasteiger partial charge on any atom is -0.481 e. The molecule has 0 bridgehead atoms. The highest BCUT2D eigenvalue weighted by atomic mass is 79.9. The van der Waals surface area contributed by atoms with E-state index in [0.29, 0.717) is 169 Å². The van der Waals surface area contributed by atoms with E-state index >= 15 is 8.78 Å². The Hall–Kier alpha value is -11.3. The van der Waals surface area contributed by atoms with Gasteiger partial charge < -0.3 is 79.6 Å². The van der Waals surface area contributed by atoms with Crippen molar-refractivity contribution in [3.05, 3.63) is 274 Å². The number of nitrogens with one attached hydrogen (secondary N) is 4. The number of ether oxygens (including phenoxy) is 8. The zero-order chi connectivity index (χ0) is 101. The van der Waals surface area contributed by atoms with Gasteiger partial charge in [-0.25, -0.2) is 56.1 Å². The summed E-state index contributed by atoms with van der Waals surface area (Å²) in [5.41, 5.74) is 4.88. The van der Waals surface area contributed by atoms with Gasteiger partial charge in [-0.05, 0) is 112 Å². The van der Waals surface area contributed by atoms with Gasteiger partial charge in [0.25, 0.3) is 0 Å². The van der Waals surface area contributed by atoms with Gasteiger partial charge in [-0.1, -0.05) is 90.9 Å². The summed E-state index contributed by atoms with van der Waals surface area (Å²) in [6, 6.07) is 13.8. The number of nitrogens with zero attached hydrogens (tertiary/aromatic N) is 12. The molecular weight excluding hydrogens is 2080 g/mol. The SMILES string of the molecule is CCOC(=O)C1=C(CN2CCOC(CC(=O)O)C2)NC(c2nccs2)=NC1c1ccc(Cl)cc1Cl.CCOC(=O)C1=C(CN2CCOCC2C(=O)O)NC(c2c(F)cc(C)cc2F)=NC1c1ccc(F)cc1Br.CCOC(=O)C1=C(CN2CCOCC2C(=O)O)NC(c2cnccn2)=NC1c1ccc(F)cc1Cl.CCOC(=O)C1=C(CN2CCO[C@H](CO)C2)NC(c2nccs2)=NC1c1ccc(F)cc1Br. The number of aliphatic imine (C=N–C) groups is 4. The number of carboxylic acid groups (broad SMARTS) is 3. The minimum absolute atomic E-state index is 0.00599. The summed E-state index contributed by atoms with van der Waals surface area (Å²) in [5, 5.41) is 56.6. The molecule has 16 rings (SSSR count). The van der Waals surface area contributed by atoms with E-state index in [-0.39, 0.29) is 117 Å². The van der Waals surface area contributed by atoms with Gasteiger partial charge in [0.05, 0.1) is 125 Å². The maximum absolute atomic E-state index is 15.1. The number of hydrogen-bond acceptors (Lipinski definition) is 34. The summed E-state index contributed by atoms with van der Waals surface area (Å²) >= 11 is 28.6. The standard InChI is InChI=1S/C26H25BrF3N3O5.C23H24Cl2N4O5S.C23H23ClFN5O5.C22H24BrFN4O4S/c1-3-38-26(36)22-19(11-33-6-7-37-12-20(33)25(34)35)31-24(21-17(29)8-13(2)9-18(21)30)32-23(22)15-5-4-14(28)10-16(15)27;1-2-33-23(32)19-17(12-29-6-7-34-14(11-29)10-18(30)31)27-21(22-26-5-8-35-22)28-20(19)15-4-3-13(24)9-16(15)25;1-2-35-23(33)19-17(11-30-7-8-34-12-18(30)22(31)32)28-21(16-10-26-5-6-27-16)29-20(19)14-4-3-13(25)9-15(14)24;1-2-31-22(30)18-17(11-28-6-7-32-14(10-28)12-29)26-20(21-25-5-8-33-21)27-19(18)15-4-3-13(24)9-16(15)23/h4-5,8-10,20,23H,3,6-7,11-12H2,1-2H3,(H,31,32)(H,34,35);3-5,8-9,14,20H,2,6-7,10-12H2,1H3,(H,27,28)(H,30,31);3-6,9-10,18,20H,2,7-8,11-12H2,1H3,(H,28,29)(H,31,32);3-5,8-9,14,19,29H,2,6-7,10-12H2,1H3,(H,26,27)/t;;;14-,19?/m...0/s1. The highest BCUT2D eigenvalue weighted by Crippen LogP contribution is 2.44. The van der Waals surface area contributed by atoms with Crippen LogP contribution in [0.1, 0.15) is 107 Å². The fourth-order valence-electron chi connectivity index (χ4n) is 16.2. The quantitative estimate of drug-likeness (QED) is 0.0123. The van der Waals surface area contributed by atoms with Gasteiger partial charge in [0.2, 0.25) is 0 Å². The number of aryl methyl sites for hydroxylation is 1. The lowest BCUT2D eigenvalue weighted by atomic mass is 9.94. The molecule has 0 aliphatic carbocycles. The van der Waals surface area contributed by atoms with Gasteiger partial charge in [0.1, 0.15) is 76.9 Å². The van der Waals surface area contributed by atoms with Crippen LogP contribution in [0.5, 0.6) is 0 Å². The van der Waals surface area contributed by atoms with E-state index in [1.54, 1.807) is 81.1 Å². The molecule has 0 amide bonds. The predicted octanol–water partition coefficient (Wildman–Crippen LogP) is 12.0. The van der Waals surface area contributed by atoms with Gasteiger partial charge >= 0.3 is 41.8 Å². The number of thiazole rings is 2. The Morgan fingerprint density at radius 1 is 0.482 bits per heavy atom. The van der Waals surface area contributed by atoms with Crippen LogP contribution in [0.4, 0.5) is 22.0 Å². The Balaban J connectivity index is 0.000000158. The Morgan fingerprint density at radius 3 is 1.30 bits per heavy atom. The average Bonchev–Trinajstić information content (AvgIpc) is 1.71. The second-order valence-corrected chi connectivity index (χ2v) is 36.8. The van der Waals surface area contributed by atoms with Crippen molar-refractivity contribution < 1.29 is 114 Å². The van der Waals surface area contributed by atoms with Crippen LogP contribution in [-0.4, -0.2) is 288 Å². The molecule has 35 nitrogen and oxygen atoms in total. The van der Waals surface area contributed by atoms with Crippen LogP contribution in [-0.2, 0) is 71.5 Å². The highest BCUT2D eigenvalue weighted by Gasteiger charge is 2.43. The number of aliphatic hydroxyl groups excluding tert-OH is 1. The molecule has 0 spiro atoms. The molecule has 11 heterocycles. The van der Waals surface area contributed by atoms with Crippen molar-refractivity contribution in [1.82, 2.24) is 60.8 Å². The number of carbonyl (C=O) groups excluding carboxylic acids is 4. The minimum atomic E-state index is -1.15. The number of halogens is 10. The Bertz CT molecular complexity index is 6180. The molecule has 5 aromatic carbocycles. The first-order valence-corrected chi connectivity index (χ1v) is 48.7. The predicted molar refractivity (Wildman–Crippen MR) is 517 cm³/mol. The van der Waals surface area contributed by atoms with E-state index < -0.39 is 119 Å². The van der Waals surface area contributed by atoms with E-state index in [0.717, 1.165) is 18.2 Å². The van der Waals surface area contributed by atoms with Crippen molar-refractivity contribution in [2.45, 2.75) is 89.5 Å². The van der Waals surface area contributed by atoms with Gasteiger partial charge in [0.15, 0.2) is 27.5 Å². The molecule has 8 N–H and O–H groups in total. The van der Waals surface area contributed by atoms with Crippen LogP contribution in [0.2, 0.25) is 15.1 Å². The third-order valence-corrected chi connectivity index (χ3v) is 26.4. The van der Waals surface area contributed by atoms with Crippen molar-refractivity contribution in [2.24, 2.45) is 20.0 Å². The third-order valence-electron chi connectivity index (χ3n) is 22.6. The van der Waals surface area contributed by atoms with Crippen LogP contribution in [0, 0.1) is 36.0 Å². The van der Waals surface area contributed by atoms with Gasteiger partial charge in [0, 0.05) is 159 Å². The van der Waals surface area contributed by atoms with Crippen molar-refractivity contribution >= 4 is 154 Å². The second-order valence-electron chi connectivity index (χ2n) is 32.0. The molecule has 47 heteroatoms. The largest absolute Gasteiger partial charge is 0.481 e. The number of carboxylic acids is 3. The van der Waals surface area contributed by atoms with Crippen LogP contribution in [0.15, 0.2) is 201 Å². The summed E-state index contributed by atoms with van der Waals surface area (Å²) in [6.45, 7) is 13.5. The molecule has 0 saturated carbocycles. The first-order chi connectivity index (χ1) is 67.8. The van der Waals surface area contributed by atoms with Gasteiger partial charge in [-0.15, -0.1) is 22.7 Å². The van der Waals surface area contributed by atoms with E-state index in [2.05, 4.69) is 87.9 Å². The van der Waals surface area contributed by atoms with E-state index in [4.69, 9.17) is 87.8 Å². The molecule has 748 valence electrons. The third kappa shape index (κ3) is 27.4. The van der Waals surface area contributed by atoms with Crippen molar-refractivity contribution in [3.63, 3.8) is 0 Å². The Morgan fingerprint density at radius 2 is 0.887 bits per heavy atom. The number of aromatic nitrogens is 4. The zero-order valence-electron chi connectivity index (χ0n) is 76.2. The Kier molecular flexibility index (Phi) is 38.4. The summed E-state index contributed by atoms with van der Waals surface area (Å²) in [6.07, 6.45) is 7.04. The number of carbonyl (C=O) groups is 7. The monoisotopic (exact) mass is 2170 g/mol. The maximum Gasteiger partial charge on any atom is 0.338 e. The normalized spacial score (nSPS) is 20.8. The lowest BCUT2D eigenvalue weighted by Gasteiger charge is -2.36. The lowest BCUT2D eigenvalue weighted by Crippen LogP contribution is -2.52. The average molecular weight is 2180 g/mol. The first-order valence-electron chi connectivity index (χ1n) is 44.3. The summed E-state index contributed by atoms with van der Waals surface area (Å²) in [7, 11) is 0. The van der Waals surface area contributed by atoms with E-state index in [9.17, 15) is 62.1 Å². The fraction of sp³-hybridized carbons (Fsp3) is 0.372. The van der Waals surface area contributed by atoms with Crippen LogP contribution < -0.4 is 21.3 Å². The molecule has 8 aliphatic heterocycles. The van der Waals surface area contributed by atoms with E-state index in [1.165, 1.54) is 83.7 Å². The molecule has 8 aromatic rings. The summed E-state index contributed by atoms with van der Waals surface area (Å²) in [5.74, 6) is -7.60. The van der Waals surface area contributed by atoms with Crippen LogP contribution >= 0.6 is 89.3 Å². The number of amidine groups is 4. The number of rotatable bonds is 29. The van der Waals surface area contributed by atoms with Crippen molar-refractivity contribution in [3.8, 4) is 0 Å². The molecule has 8 atom stereocenters. The molecule has 0 radical (unpaired) electrons. The molecule has 4 fully saturated rings. The number of hydrogen-bond donors (Lipinski definition) is 8. The van der Waals surface area contributed by atoms with Crippen LogP contribution in [0.3, 0.4) is 0 Å². The summed E-state index contributed by atoms with van der Waals surface area (Å²) < 4.78 is 116. The van der Waals surface area contributed by atoms with Crippen LogP contribution in [0.25, 0.3) is 0 Å². The number of esters is 4. The van der Waals surface area contributed by atoms with Gasteiger partial charge in [-0.2, -0.15) is 0 Å². The maximum atomic E-state index is 15.1. The van der Waals surface area contributed by atoms with Crippen molar-refractivity contribution in [2.75, 3.05) is 138 Å². The second kappa shape index (κ2) is 50.6. The Labute approximate surface area is 844 Å². The molecule has 141 heavy (non-hydrogen) atoms. The van der Waals surface area contributed by atoms with Crippen molar-refractivity contribution in [1.29, 1.82) is 0 Å². The molecule has 7 unspecified atom stereocenters. The highest BCUT2D eigenvalue weighted by molar-refractivity contribution is 9.10. The zero-order valence-corrected chi connectivity index (χ0v) is 83.2. The smallest absolute Gasteiger partial charge is 0.338 e. The molecule has 4 saturated heterocycles. The first kappa shape index (κ1) is 107. The lowest BCUT2D eigenvalue weighted by molar-refractivity contribution is -0.150. The van der Waals surface area contributed by atoms with E-state index in [1.807, 2.05) is 15.7 Å². The number of morpholine rings is 4. The number of aliphatic hydroxyl groups is 1. The molecular formula is C94H96Br2Cl3F5N16O19S2. The fourth-order valence-corrected chi connectivity index (χ4v) is 19.3. The topological polar surface area (TPSA) is 436 Å². The van der Waals surface area contributed by atoms with Gasteiger partial charge in [-0.3, -0.25) is 58.9 Å². The number of aliphatic carboxylic acids is 3.